The van der Waals surface area contributed by atoms with E-state index in [1.165, 1.54) is 42.1 Å². The van der Waals surface area contributed by atoms with Crippen molar-refractivity contribution in [2.24, 2.45) is 0 Å². The largest absolute Gasteiger partial charge is 0.355 e. The van der Waals surface area contributed by atoms with Crippen molar-refractivity contribution in [3.63, 3.8) is 0 Å². The Morgan fingerprint density at radius 2 is 1.30 bits per heavy atom. The highest BCUT2D eigenvalue weighted by atomic mass is 32.1. The van der Waals surface area contributed by atoms with Crippen LogP contribution in [-0.2, 0) is 0 Å². The topological polar surface area (TPSA) is 12.0 Å². The smallest absolute Gasteiger partial charge is 0.0478 e. The van der Waals surface area contributed by atoms with Crippen molar-refractivity contribution in [2.75, 3.05) is 5.32 Å². The van der Waals surface area contributed by atoms with Crippen LogP contribution in [-0.4, -0.2) is 0 Å². The molecule has 0 saturated carbocycles. The molecule has 2 heteroatoms. The van der Waals surface area contributed by atoms with Crippen LogP contribution in [0.5, 0.6) is 0 Å². The molecular formula is C28H19NS. The molecule has 1 aromatic heterocycles. The molecule has 6 rings (SSSR count). The van der Waals surface area contributed by atoms with Gasteiger partial charge in [-0.15, -0.1) is 11.3 Å². The minimum absolute atomic E-state index is 1.11. The van der Waals surface area contributed by atoms with Crippen molar-refractivity contribution < 1.29 is 0 Å². The van der Waals surface area contributed by atoms with Gasteiger partial charge >= 0.3 is 0 Å². The van der Waals surface area contributed by atoms with Crippen molar-refractivity contribution in [1.82, 2.24) is 0 Å². The second-order valence-corrected chi connectivity index (χ2v) is 8.63. The lowest BCUT2D eigenvalue weighted by Crippen LogP contribution is -1.91. The lowest BCUT2D eigenvalue weighted by Gasteiger charge is -2.10. The molecule has 0 fully saturated rings. The number of anilines is 2. The molecule has 0 spiro atoms. The van der Waals surface area contributed by atoms with Crippen molar-refractivity contribution in [3.05, 3.63) is 109 Å². The molecular weight excluding hydrogens is 382 g/mol. The fourth-order valence-electron chi connectivity index (χ4n) is 4.17. The maximum absolute atomic E-state index is 3.67. The Morgan fingerprint density at radius 1 is 0.533 bits per heavy atom. The van der Waals surface area contributed by atoms with Gasteiger partial charge in [0.2, 0.25) is 0 Å². The molecule has 1 nitrogen and oxygen atoms in total. The molecule has 30 heavy (non-hydrogen) atoms. The maximum atomic E-state index is 3.67. The second kappa shape index (κ2) is 7.01. The third-order valence-corrected chi connectivity index (χ3v) is 6.76. The van der Waals surface area contributed by atoms with Crippen LogP contribution in [0, 0.1) is 0 Å². The standard InChI is InChI=1S/C28H19NS/c1-2-7-19(8-3-1)20-13-14-22-18-23(16-15-21(22)17-20)29-25-10-6-12-27-28(25)24-9-4-5-11-26(24)30-27/h1-18,29H. The summed E-state index contributed by atoms with van der Waals surface area (Å²) in [6.07, 6.45) is 0. The van der Waals surface area contributed by atoms with Crippen LogP contribution in [0.1, 0.15) is 0 Å². The molecule has 0 radical (unpaired) electrons. The van der Waals surface area contributed by atoms with Crippen LogP contribution in [0.15, 0.2) is 109 Å². The van der Waals surface area contributed by atoms with E-state index in [4.69, 9.17) is 0 Å². The Morgan fingerprint density at radius 3 is 2.23 bits per heavy atom. The van der Waals surface area contributed by atoms with Gasteiger partial charge in [-0.1, -0.05) is 72.8 Å². The Balaban J connectivity index is 1.41. The molecule has 0 saturated heterocycles. The van der Waals surface area contributed by atoms with Gasteiger partial charge in [0.05, 0.1) is 0 Å². The Labute approximate surface area is 179 Å². The average Bonchev–Trinajstić information content (AvgIpc) is 3.19. The number of rotatable bonds is 3. The van der Waals surface area contributed by atoms with Gasteiger partial charge in [-0.2, -0.15) is 0 Å². The highest BCUT2D eigenvalue weighted by molar-refractivity contribution is 7.25. The Kier molecular flexibility index (Phi) is 4.03. The van der Waals surface area contributed by atoms with Crippen LogP contribution in [0.2, 0.25) is 0 Å². The first-order valence-corrected chi connectivity index (χ1v) is 10.9. The molecule has 5 aromatic carbocycles. The Hall–Kier alpha value is -3.62. The molecule has 1 N–H and O–H groups in total. The first-order chi connectivity index (χ1) is 14.8. The summed E-state index contributed by atoms with van der Waals surface area (Å²) >= 11 is 1.85. The summed E-state index contributed by atoms with van der Waals surface area (Å²) in [6.45, 7) is 0. The molecule has 0 atom stereocenters. The SMILES string of the molecule is c1ccc(-c2ccc3cc(Nc4cccc5sc6ccccc6c45)ccc3c2)cc1. The lowest BCUT2D eigenvalue weighted by molar-refractivity contribution is 1.60. The number of hydrogen-bond donors (Lipinski definition) is 1. The quantitative estimate of drug-likeness (QED) is 0.313. The molecule has 0 unspecified atom stereocenters. The van der Waals surface area contributed by atoms with E-state index in [2.05, 4.69) is 115 Å². The minimum atomic E-state index is 1.11. The summed E-state index contributed by atoms with van der Waals surface area (Å²) in [4.78, 5) is 0. The third kappa shape index (κ3) is 2.94. The summed E-state index contributed by atoms with van der Waals surface area (Å²) in [5, 5.41) is 8.78. The summed E-state index contributed by atoms with van der Waals surface area (Å²) < 4.78 is 2.64. The normalized spacial score (nSPS) is 11.3. The van der Waals surface area contributed by atoms with E-state index in [0.717, 1.165) is 11.4 Å². The maximum Gasteiger partial charge on any atom is 0.0478 e. The molecule has 142 valence electrons. The molecule has 1 heterocycles. The van der Waals surface area contributed by atoms with Crippen LogP contribution < -0.4 is 5.32 Å². The van der Waals surface area contributed by atoms with Crippen molar-refractivity contribution in [1.29, 1.82) is 0 Å². The zero-order valence-corrected chi connectivity index (χ0v) is 17.1. The monoisotopic (exact) mass is 401 g/mol. The van der Waals surface area contributed by atoms with Gasteiger partial charge < -0.3 is 5.32 Å². The highest BCUT2D eigenvalue weighted by Gasteiger charge is 2.09. The van der Waals surface area contributed by atoms with Gasteiger partial charge in [0.25, 0.3) is 0 Å². The summed E-state index contributed by atoms with van der Waals surface area (Å²) in [5.74, 6) is 0. The average molecular weight is 402 g/mol. The van der Waals surface area contributed by atoms with E-state index in [1.807, 2.05) is 11.3 Å². The zero-order valence-electron chi connectivity index (χ0n) is 16.3. The Bertz CT molecular complexity index is 1510. The summed E-state index contributed by atoms with van der Waals surface area (Å²) in [7, 11) is 0. The van der Waals surface area contributed by atoms with E-state index < -0.39 is 0 Å². The minimum Gasteiger partial charge on any atom is -0.355 e. The predicted molar refractivity (Wildman–Crippen MR) is 132 cm³/mol. The van der Waals surface area contributed by atoms with Gasteiger partial charge in [0.15, 0.2) is 0 Å². The van der Waals surface area contributed by atoms with Crippen LogP contribution in [0.4, 0.5) is 11.4 Å². The van der Waals surface area contributed by atoms with Crippen LogP contribution in [0.3, 0.4) is 0 Å². The number of hydrogen-bond acceptors (Lipinski definition) is 2. The van der Waals surface area contributed by atoms with E-state index in [9.17, 15) is 0 Å². The van der Waals surface area contributed by atoms with E-state index in [0.29, 0.717) is 0 Å². The number of nitrogens with one attached hydrogen (secondary N) is 1. The third-order valence-electron chi connectivity index (χ3n) is 5.63. The first-order valence-electron chi connectivity index (χ1n) is 10.1. The first kappa shape index (κ1) is 17.3. The van der Waals surface area contributed by atoms with Crippen molar-refractivity contribution in [2.45, 2.75) is 0 Å². The van der Waals surface area contributed by atoms with Gasteiger partial charge in [-0.3, -0.25) is 0 Å². The molecule has 0 aliphatic heterocycles. The predicted octanol–water partition coefficient (Wildman–Crippen LogP) is 8.62. The fourth-order valence-corrected chi connectivity index (χ4v) is 5.30. The number of benzene rings is 5. The lowest BCUT2D eigenvalue weighted by atomic mass is 10.0. The molecule has 6 aromatic rings. The van der Waals surface area contributed by atoms with Crippen LogP contribution >= 0.6 is 11.3 Å². The summed E-state index contributed by atoms with van der Waals surface area (Å²) in [5.41, 5.74) is 4.76. The van der Waals surface area contributed by atoms with E-state index in [-0.39, 0.29) is 0 Å². The fraction of sp³-hybridized carbons (Fsp3) is 0. The molecule has 0 amide bonds. The second-order valence-electron chi connectivity index (χ2n) is 7.54. The number of fused-ring (bicyclic) bond motifs is 4. The molecule has 0 aliphatic carbocycles. The zero-order chi connectivity index (χ0) is 19.9. The molecule has 0 aliphatic rings. The van der Waals surface area contributed by atoms with Crippen LogP contribution in [0.25, 0.3) is 42.1 Å². The van der Waals surface area contributed by atoms with E-state index >= 15 is 0 Å². The van der Waals surface area contributed by atoms with Gasteiger partial charge in [-0.05, 0) is 58.3 Å². The van der Waals surface area contributed by atoms with Gasteiger partial charge in [-0.25, -0.2) is 0 Å². The van der Waals surface area contributed by atoms with Crippen molar-refractivity contribution >= 4 is 53.7 Å². The number of thiophene rings is 1. The van der Waals surface area contributed by atoms with Gasteiger partial charge in [0, 0.05) is 31.5 Å². The van der Waals surface area contributed by atoms with Crippen molar-refractivity contribution in [3.8, 4) is 11.1 Å². The molecule has 0 bridgehead atoms. The van der Waals surface area contributed by atoms with E-state index in [1.54, 1.807) is 0 Å². The summed E-state index contributed by atoms with van der Waals surface area (Å²) in [6, 6.07) is 39.0. The highest BCUT2D eigenvalue weighted by Crippen LogP contribution is 2.39. The van der Waals surface area contributed by atoms with Gasteiger partial charge in [0.1, 0.15) is 0 Å².